The van der Waals surface area contributed by atoms with Gasteiger partial charge in [-0.05, 0) is 74.8 Å². The average Bonchev–Trinajstić information content (AvgIpc) is 2.82. The molecule has 0 fully saturated rings. The Morgan fingerprint density at radius 2 is 2.00 bits per heavy atom. The quantitative estimate of drug-likeness (QED) is 0.240. The highest BCUT2D eigenvalue weighted by molar-refractivity contribution is 6.30. The highest BCUT2D eigenvalue weighted by Gasteiger charge is 2.17. The summed E-state index contributed by atoms with van der Waals surface area (Å²) in [4.78, 5) is 9.39. The Morgan fingerprint density at radius 1 is 1.21 bits per heavy atom. The zero-order valence-corrected chi connectivity index (χ0v) is 20.5. The fourth-order valence-corrected chi connectivity index (χ4v) is 3.73. The number of benzene rings is 1. The van der Waals surface area contributed by atoms with E-state index in [0.717, 1.165) is 65.8 Å². The standard InChI is InChI=1S/C29H29ClN4/c1-4-5-6-8-23-10-16-27(34-19-23)17-13-24-9-7-18-32-29(25-11-14-26(30)15-12-25)28(21(24)2)20-33-22(3)31/h1,10-12,14-16,19-20H,5-9,18H2,2-3H3,(H2,31,33)/b24-21+,28-20-,32-29-. The molecule has 0 aliphatic carbocycles. The lowest BCUT2D eigenvalue weighted by Gasteiger charge is -2.18. The molecule has 2 heterocycles. The van der Waals surface area contributed by atoms with E-state index in [0.29, 0.717) is 17.4 Å². The van der Waals surface area contributed by atoms with E-state index in [9.17, 15) is 0 Å². The van der Waals surface area contributed by atoms with Crippen molar-refractivity contribution in [1.29, 1.82) is 5.41 Å². The molecule has 0 saturated carbocycles. The summed E-state index contributed by atoms with van der Waals surface area (Å²) in [5.74, 6) is 9.63. The van der Waals surface area contributed by atoms with Gasteiger partial charge in [-0.25, -0.2) is 4.98 Å². The number of nitrogens with zero attached hydrogens (tertiary/aromatic N) is 2. The summed E-state index contributed by atoms with van der Waals surface area (Å²) in [7, 11) is 0. The lowest BCUT2D eigenvalue weighted by atomic mass is 9.91. The first-order valence-electron chi connectivity index (χ1n) is 11.4. The van der Waals surface area contributed by atoms with Gasteiger partial charge in [0.05, 0.1) is 11.5 Å². The van der Waals surface area contributed by atoms with Crippen LogP contribution in [0.1, 0.15) is 56.4 Å². The van der Waals surface area contributed by atoms with Crippen LogP contribution >= 0.6 is 11.6 Å². The van der Waals surface area contributed by atoms with Crippen LogP contribution in [0.2, 0.25) is 5.02 Å². The van der Waals surface area contributed by atoms with Crippen LogP contribution in [-0.2, 0) is 6.42 Å². The van der Waals surface area contributed by atoms with Gasteiger partial charge in [-0.3, -0.25) is 10.4 Å². The number of allylic oxidation sites excluding steroid dienone is 3. The first-order chi connectivity index (χ1) is 16.5. The van der Waals surface area contributed by atoms with Crippen molar-refractivity contribution >= 4 is 23.1 Å². The van der Waals surface area contributed by atoms with Crippen molar-refractivity contribution in [1.82, 2.24) is 10.3 Å². The Labute approximate surface area is 207 Å². The van der Waals surface area contributed by atoms with E-state index in [1.54, 1.807) is 6.92 Å². The first kappa shape index (κ1) is 25.0. The number of unbranched alkanes of at least 4 members (excludes halogenated alkanes) is 1. The Bertz CT molecular complexity index is 1210. The number of amidine groups is 1. The summed E-state index contributed by atoms with van der Waals surface area (Å²) >= 11 is 6.10. The molecule has 1 aromatic heterocycles. The minimum Gasteiger partial charge on any atom is -0.350 e. The Balaban J connectivity index is 1.94. The third kappa shape index (κ3) is 7.20. The summed E-state index contributed by atoms with van der Waals surface area (Å²) < 4.78 is 0. The predicted molar refractivity (Wildman–Crippen MR) is 142 cm³/mol. The molecule has 3 rings (SSSR count). The number of aromatic nitrogens is 1. The van der Waals surface area contributed by atoms with Crippen molar-refractivity contribution in [2.75, 3.05) is 6.54 Å². The number of rotatable bonds is 5. The average molecular weight is 469 g/mol. The minimum atomic E-state index is 0.358. The molecule has 34 heavy (non-hydrogen) atoms. The Hall–Kier alpha value is -3.60. The number of hydrogen-bond donors (Lipinski definition) is 2. The molecule has 0 spiro atoms. The molecule has 2 aromatic rings. The van der Waals surface area contributed by atoms with Crippen LogP contribution in [0.15, 0.2) is 70.5 Å². The third-order valence-electron chi connectivity index (χ3n) is 5.47. The van der Waals surface area contributed by atoms with E-state index in [1.165, 1.54) is 5.56 Å². The second-order valence-corrected chi connectivity index (χ2v) is 8.57. The maximum atomic E-state index is 7.81. The van der Waals surface area contributed by atoms with Crippen molar-refractivity contribution in [3.8, 4) is 24.2 Å². The second kappa shape index (κ2) is 12.6. The smallest absolute Gasteiger partial charge is 0.113 e. The lowest BCUT2D eigenvalue weighted by Crippen LogP contribution is -2.18. The molecule has 0 saturated heterocycles. The maximum absolute atomic E-state index is 7.81. The molecule has 1 aliphatic heterocycles. The van der Waals surface area contributed by atoms with E-state index in [1.807, 2.05) is 42.7 Å². The van der Waals surface area contributed by atoms with Gasteiger partial charge in [0, 0.05) is 47.1 Å². The van der Waals surface area contributed by atoms with E-state index < -0.39 is 0 Å². The van der Waals surface area contributed by atoms with Crippen LogP contribution in [0.25, 0.3) is 0 Å². The monoisotopic (exact) mass is 468 g/mol. The van der Waals surface area contributed by atoms with Crippen LogP contribution in [-0.4, -0.2) is 23.1 Å². The molecule has 5 heteroatoms. The van der Waals surface area contributed by atoms with Gasteiger partial charge in [-0.15, -0.1) is 12.3 Å². The summed E-state index contributed by atoms with van der Waals surface area (Å²) in [5, 5.41) is 11.5. The van der Waals surface area contributed by atoms with E-state index in [-0.39, 0.29) is 0 Å². The highest BCUT2D eigenvalue weighted by atomic mass is 35.5. The molecule has 0 bridgehead atoms. The van der Waals surface area contributed by atoms with Gasteiger partial charge < -0.3 is 5.32 Å². The number of hydrogen-bond acceptors (Lipinski definition) is 3. The van der Waals surface area contributed by atoms with E-state index >= 15 is 0 Å². The number of aliphatic imine (C=N–C) groups is 1. The minimum absolute atomic E-state index is 0.358. The Morgan fingerprint density at radius 3 is 2.68 bits per heavy atom. The van der Waals surface area contributed by atoms with E-state index in [4.69, 9.17) is 28.4 Å². The van der Waals surface area contributed by atoms with Gasteiger partial charge in [0.15, 0.2) is 0 Å². The van der Waals surface area contributed by atoms with Gasteiger partial charge in [0.2, 0.25) is 0 Å². The molecule has 1 aromatic carbocycles. The molecular weight excluding hydrogens is 440 g/mol. The topological polar surface area (TPSA) is 61.1 Å². The van der Waals surface area contributed by atoms with Crippen LogP contribution in [0.5, 0.6) is 0 Å². The van der Waals surface area contributed by atoms with E-state index in [2.05, 4.69) is 41.1 Å². The number of aryl methyl sites for hydroxylation is 1. The lowest BCUT2D eigenvalue weighted by molar-refractivity contribution is 0.829. The number of nitrogens with one attached hydrogen (secondary N) is 2. The molecule has 0 atom stereocenters. The summed E-state index contributed by atoms with van der Waals surface area (Å²) in [6, 6.07) is 11.7. The van der Waals surface area contributed by atoms with Crippen molar-refractivity contribution in [3.05, 3.63) is 87.4 Å². The zero-order chi connectivity index (χ0) is 24.3. The molecule has 1 aliphatic rings. The van der Waals surface area contributed by atoms with Crippen molar-refractivity contribution in [2.24, 2.45) is 4.99 Å². The van der Waals surface area contributed by atoms with Crippen molar-refractivity contribution in [2.45, 2.75) is 46.0 Å². The second-order valence-electron chi connectivity index (χ2n) is 8.13. The number of halogens is 1. The van der Waals surface area contributed by atoms with Crippen molar-refractivity contribution < 1.29 is 0 Å². The fraction of sp³-hybridized carbons (Fsp3) is 0.276. The van der Waals surface area contributed by atoms with Gasteiger partial charge >= 0.3 is 0 Å². The maximum Gasteiger partial charge on any atom is 0.113 e. The largest absolute Gasteiger partial charge is 0.350 e. The van der Waals surface area contributed by atoms with Crippen LogP contribution < -0.4 is 5.32 Å². The normalized spacial score (nSPS) is 18.5. The van der Waals surface area contributed by atoms with Crippen LogP contribution in [0.3, 0.4) is 0 Å². The molecule has 2 N–H and O–H groups in total. The van der Waals surface area contributed by atoms with Gasteiger partial charge in [-0.2, -0.15) is 0 Å². The predicted octanol–water partition coefficient (Wildman–Crippen LogP) is 6.11. The molecule has 0 radical (unpaired) electrons. The molecule has 0 amide bonds. The molecule has 4 nitrogen and oxygen atoms in total. The zero-order valence-electron chi connectivity index (χ0n) is 19.7. The molecule has 0 unspecified atom stereocenters. The summed E-state index contributed by atoms with van der Waals surface area (Å²) in [6.45, 7) is 4.47. The number of terminal acetylenes is 1. The first-order valence-corrected chi connectivity index (χ1v) is 11.8. The number of pyridine rings is 1. The van der Waals surface area contributed by atoms with Crippen molar-refractivity contribution in [3.63, 3.8) is 0 Å². The highest BCUT2D eigenvalue weighted by Crippen LogP contribution is 2.25. The third-order valence-corrected chi connectivity index (χ3v) is 5.72. The molecule has 172 valence electrons. The fourth-order valence-electron chi connectivity index (χ4n) is 3.61. The summed E-state index contributed by atoms with van der Waals surface area (Å²) in [6.07, 6.45) is 13.5. The van der Waals surface area contributed by atoms with Gasteiger partial charge in [0.1, 0.15) is 5.69 Å². The summed E-state index contributed by atoms with van der Waals surface area (Å²) in [5.41, 5.74) is 6.79. The van der Waals surface area contributed by atoms with Gasteiger partial charge in [-0.1, -0.05) is 35.7 Å². The molecular formula is C29H29ClN4. The van der Waals surface area contributed by atoms with Crippen LogP contribution in [0, 0.1) is 29.6 Å². The SMILES string of the molecule is C#CCCCc1ccc(C#C/C2=C(C)/C(=C/NC(C)=N)C(/c3ccc(Cl)cc3)=N\CCC2)nc1. The Kier molecular flexibility index (Phi) is 9.27. The van der Waals surface area contributed by atoms with Gasteiger partial charge in [0.25, 0.3) is 0 Å². The van der Waals surface area contributed by atoms with Crippen LogP contribution in [0.4, 0.5) is 0 Å².